The van der Waals surface area contributed by atoms with Gasteiger partial charge < -0.3 is 10.6 Å². The van der Waals surface area contributed by atoms with Gasteiger partial charge in [0.15, 0.2) is 10.8 Å². The predicted octanol–water partition coefficient (Wildman–Crippen LogP) is 4.29. The first-order valence-corrected chi connectivity index (χ1v) is 12.0. The van der Waals surface area contributed by atoms with E-state index < -0.39 is 0 Å². The van der Waals surface area contributed by atoms with Crippen LogP contribution in [0.3, 0.4) is 0 Å². The molecule has 0 aliphatic carbocycles. The number of amides is 1. The molecule has 0 saturated carbocycles. The van der Waals surface area contributed by atoms with Crippen molar-refractivity contribution in [3.05, 3.63) is 22.0 Å². The van der Waals surface area contributed by atoms with Crippen LogP contribution in [0.25, 0.3) is 21.0 Å². The Balaban J connectivity index is 0.00000124. The number of piperazine rings is 1. The molecule has 0 radical (unpaired) electrons. The Bertz CT molecular complexity index is 1030. The fraction of sp³-hybridized carbons (Fsp3) is 0.524. The third kappa shape index (κ3) is 4.63. The van der Waals surface area contributed by atoms with Gasteiger partial charge in [-0.2, -0.15) is 0 Å². The zero-order chi connectivity index (χ0) is 22.1. The molecular weight excluding hydrogens is 416 g/mol. The van der Waals surface area contributed by atoms with E-state index in [1.54, 1.807) is 0 Å². The molecule has 4 heterocycles. The molecule has 0 atom stereocenters. The van der Waals surface area contributed by atoms with E-state index in [4.69, 9.17) is 5.73 Å². The lowest BCUT2D eigenvalue weighted by atomic mass is 10.0. The van der Waals surface area contributed by atoms with Crippen molar-refractivity contribution < 1.29 is 4.79 Å². The smallest absolute Gasteiger partial charge is 0.264 e. The Morgan fingerprint density at radius 3 is 2.33 bits per heavy atom. The Morgan fingerprint density at radius 2 is 1.77 bits per heavy atom. The molecule has 162 valence electrons. The quantitative estimate of drug-likeness (QED) is 0.632. The molecule has 30 heavy (non-hydrogen) atoms. The monoisotopic (exact) mass is 446 g/mol. The molecule has 1 aliphatic rings. The minimum atomic E-state index is 0.0441. The van der Waals surface area contributed by atoms with Crippen LogP contribution in [0.15, 0.2) is 11.4 Å². The molecule has 3 aromatic heterocycles. The minimum Gasteiger partial charge on any atom is -0.383 e. The molecule has 1 aliphatic heterocycles. The number of fused-ring (bicyclic) bond motifs is 1. The summed E-state index contributed by atoms with van der Waals surface area (Å²) in [6.45, 7) is 15.8. The van der Waals surface area contributed by atoms with Crippen LogP contribution in [0, 0.1) is 6.92 Å². The number of aryl methyl sites for hydroxylation is 1. The molecule has 7 nitrogen and oxygen atoms in total. The summed E-state index contributed by atoms with van der Waals surface area (Å²) >= 11 is 2.87. The topological polar surface area (TPSA) is 88.2 Å². The SMILES string of the molecule is CC.Cc1csc(-c2nc(N)c3cc(C(=O)N4CCN(C(C)(C)C)CC4)sc3n2)n1. The number of nitrogens with zero attached hydrogens (tertiary/aromatic N) is 5. The van der Waals surface area contributed by atoms with Crippen LogP contribution in [-0.2, 0) is 0 Å². The molecule has 0 bridgehead atoms. The molecule has 9 heteroatoms. The number of carbonyl (C=O) groups is 1. The Kier molecular flexibility index (Phi) is 6.74. The average Bonchev–Trinajstić information content (AvgIpc) is 3.35. The fourth-order valence-corrected chi connectivity index (χ4v) is 5.07. The largest absolute Gasteiger partial charge is 0.383 e. The summed E-state index contributed by atoms with van der Waals surface area (Å²) in [6.07, 6.45) is 0. The maximum atomic E-state index is 13.0. The van der Waals surface area contributed by atoms with Gasteiger partial charge in [-0.15, -0.1) is 22.7 Å². The van der Waals surface area contributed by atoms with E-state index in [1.807, 2.05) is 37.1 Å². The first kappa shape index (κ1) is 22.6. The number of thiophene rings is 1. The zero-order valence-corrected chi connectivity index (χ0v) is 20.2. The Hall–Kier alpha value is -2.10. The van der Waals surface area contributed by atoms with Crippen molar-refractivity contribution in [3.8, 4) is 10.8 Å². The number of nitrogens with two attached hydrogens (primary N) is 1. The van der Waals surface area contributed by atoms with Crippen molar-refractivity contribution in [2.24, 2.45) is 0 Å². The van der Waals surface area contributed by atoms with Crippen molar-refractivity contribution in [2.75, 3.05) is 31.9 Å². The van der Waals surface area contributed by atoms with Gasteiger partial charge in [0, 0.05) is 42.8 Å². The summed E-state index contributed by atoms with van der Waals surface area (Å²) in [5.74, 6) is 0.950. The number of hydrogen-bond acceptors (Lipinski definition) is 8. The lowest BCUT2D eigenvalue weighted by Gasteiger charge is -2.42. The van der Waals surface area contributed by atoms with E-state index >= 15 is 0 Å². The molecule has 2 N–H and O–H groups in total. The van der Waals surface area contributed by atoms with Gasteiger partial charge in [-0.1, -0.05) is 13.8 Å². The van der Waals surface area contributed by atoms with Gasteiger partial charge in [0.2, 0.25) is 0 Å². The molecule has 4 rings (SSSR count). The number of hydrogen-bond donors (Lipinski definition) is 1. The number of anilines is 1. The number of nitrogen functional groups attached to an aromatic ring is 1. The Labute approximate surface area is 186 Å². The first-order chi connectivity index (χ1) is 14.2. The van der Waals surface area contributed by atoms with Gasteiger partial charge in [-0.25, -0.2) is 15.0 Å². The molecule has 1 saturated heterocycles. The van der Waals surface area contributed by atoms with E-state index in [-0.39, 0.29) is 11.4 Å². The lowest BCUT2D eigenvalue weighted by molar-refractivity contribution is 0.0455. The maximum absolute atomic E-state index is 13.0. The summed E-state index contributed by atoms with van der Waals surface area (Å²) in [5.41, 5.74) is 7.22. The number of thiazole rings is 1. The standard InChI is InChI=1S/C19H24N6OS2.C2H6/c1-11-10-27-17(21-11)15-22-14(20)12-9-13(28-16(12)23-15)18(26)24-5-7-25(8-6-24)19(2,3)4;1-2/h9-10H,5-8H2,1-4H3,(H2,20,22,23);1-2H3. The van der Waals surface area contributed by atoms with E-state index in [1.165, 1.54) is 22.7 Å². The van der Waals surface area contributed by atoms with Crippen LogP contribution in [0.4, 0.5) is 5.82 Å². The van der Waals surface area contributed by atoms with E-state index in [2.05, 4.69) is 40.6 Å². The fourth-order valence-electron chi connectivity index (χ4n) is 3.34. The van der Waals surface area contributed by atoms with Gasteiger partial charge in [0.25, 0.3) is 5.91 Å². The third-order valence-electron chi connectivity index (χ3n) is 4.96. The second-order valence-electron chi connectivity index (χ2n) is 8.01. The predicted molar refractivity (Wildman–Crippen MR) is 126 cm³/mol. The van der Waals surface area contributed by atoms with Gasteiger partial charge in [0.05, 0.1) is 10.3 Å². The van der Waals surface area contributed by atoms with Crippen LogP contribution in [0.2, 0.25) is 0 Å². The number of rotatable bonds is 2. The second-order valence-corrected chi connectivity index (χ2v) is 9.89. The van der Waals surface area contributed by atoms with Crippen LogP contribution in [0.1, 0.15) is 50.0 Å². The molecular formula is C21H30N6OS2. The number of carbonyl (C=O) groups excluding carboxylic acids is 1. The Morgan fingerprint density at radius 1 is 1.10 bits per heavy atom. The average molecular weight is 447 g/mol. The highest BCUT2D eigenvalue weighted by molar-refractivity contribution is 7.20. The van der Waals surface area contributed by atoms with Crippen molar-refractivity contribution in [1.82, 2.24) is 24.8 Å². The lowest BCUT2D eigenvalue weighted by Crippen LogP contribution is -2.54. The first-order valence-electron chi connectivity index (χ1n) is 10.3. The van der Waals surface area contributed by atoms with E-state index in [0.717, 1.165) is 47.1 Å². The summed E-state index contributed by atoms with van der Waals surface area (Å²) in [7, 11) is 0. The van der Waals surface area contributed by atoms with Gasteiger partial charge in [0.1, 0.15) is 10.6 Å². The maximum Gasteiger partial charge on any atom is 0.264 e. The molecule has 0 aromatic carbocycles. The zero-order valence-electron chi connectivity index (χ0n) is 18.5. The highest BCUT2D eigenvalue weighted by Gasteiger charge is 2.29. The van der Waals surface area contributed by atoms with Crippen molar-refractivity contribution >= 4 is 44.6 Å². The van der Waals surface area contributed by atoms with E-state index in [9.17, 15) is 4.79 Å². The van der Waals surface area contributed by atoms with Gasteiger partial charge in [-0.05, 0) is 33.8 Å². The molecule has 3 aromatic rings. The third-order valence-corrected chi connectivity index (χ3v) is 6.93. The summed E-state index contributed by atoms with van der Waals surface area (Å²) in [4.78, 5) is 32.2. The van der Waals surface area contributed by atoms with Crippen LogP contribution in [0.5, 0.6) is 0 Å². The van der Waals surface area contributed by atoms with Crippen molar-refractivity contribution in [3.63, 3.8) is 0 Å². The molecule has 0 unspecified atom stereocenters. The van der Waals surface area contributed by atoms with Crippen molar-refractivity contribution in [2.45, 2.75) is 47.1 Å². The van der Waals surface area contributed by atoms with Crippen LogP contribution >= 0.6 is 22.7 Å². The summed E-state index contributed by atoms with van der Waals surface area (Å²) in [6, 6.07) is 1.82. The molecule has 1 amide bonds. The summed E-state index contributed by atoms with van der Waals surface area (Å²) in [5, 5.41) is 3.43. The van der Waals surface area contributed by atoms with E-state index in [0.29, 0.717) is 16.5 Å². The molecule has 1 fully saturated rings. The highest BCUT2D eigenvalue weighted by Crippen LogP contribution is 2.32. The van der Waals surface area contributed by atoms with Crippen molar-refractivity contribution in [1.29, 1.82) is 0 Å². The van der Waals surface area contributed by atoms with Gasteiger partial charge in [-0.3, -0.25) is 9.69 Å². The summed E-state index contributed by atoms with van der Waals surface area (Å²) < 4.78 is 0. The minimum absolute atomic E-state index is 0.0441. The van der Waals surface area contributed by atoms with Crippen LogP contribution < -0.4 is 5.73 Å². The van der Waals surface area contributed by atoms with Crippen LogP contribution in [-0.4, -0.2) is 62.4 Å². The highest BCUT2D eigenvalue weighted by atomic mass is 32.1. The van der Waals surface area contributed by atoms with Gasteiger partial charge >= 0.3 is 0 Å². The number of aromatic nitrogens is 3. The molecule has 0 spiro atoms. The second kappa shape index (κ2) is 8.95. The normalized spacial score (nSPS) is 15.2.